The zero-order chi connectivity index (χ0) is 17.7. The fourth-order valence-electron chi connectivity index (χ4n) is 2.05. The number of halogens is 3. The van der Waals surface area contributed by atoms with Crippen LogP contribution in [0.25, 0.3) is 11.1 Å². The highest BCUT2D eigenvalue weighted by molar-refractivity contribution is 6.00. The van der Waals surface area contributed by atoms with Crippen molar-refractivity contribution in [1.29, 1.82) is 0 Å². The van der Waals surface area contributed by atoms with Gasteiger partial charge in [0, 0.05) is 11.3 Å². The van der Waals surface area contributed by atoms with Crippen molar-refractivity contribution in [3.63, 3.8) is 0 Å². The largest absolute Gasteiger partial charge is 0.471 e. The SMILES string of the molecule is CC(NC(=O)C(F)(F)F)C(=O)Nc1ccccc1-c1ccccc1. The fourth-order valence-corrected chi connectivity index (χ4v) is 2.05. The highest BCUT2D eigenvalue weighted by Gasteiger charge is 2.40. The minimum absolute atomic E-state index is 0.446. The van der Waals surface area contributed by atoms with Crippen LogP contribution in [0.5, 0.6) is 0 Å². The second-order valence-corrected chi connectivity index (χ2v) is 5.09. The zero-order valence-electron chi connectivity index (χ0n) is 12.7. The molecule has 2 rings (SSSR count). The summed E-state index contributed by atoms with van der Waals surface area (Å²) in [6.45, 7) is 1.18. The molecule has 0 bridgehead atoms. The molecule has 1 atom stereocenters. The Bertz CT molecular complexity index is 730. The van der Waals surface area contributed by atoms with E-state index in [1.807, 2.05) is 30.3 Å². The van der Waals surface area contributed by atoms with E-state index in [0.717, 1.165) is 11.1 Å². The van der Waals surface area contributed by atoms with Crippen LogP contribution in [0.1, 0.15) is 6.92 Å². The van der Waals surface area contributed by atoms with Gasteiger partial charge in [0.1, 0.15) is 6.04 Å². The van der Waals surface area contributed by atoms with Gasteiger partial charge >= 0.3 is 12.1 Å². The molecule has 0 radical (unpaired) electrons. The summed E-state index contributed by atoms with van der Waals surface area (Å²) in [6.07, 6.45) is -5.03. The van der Waals surface area contributed by atoms with Gasteiger partial charge in [-0.1, -0.05) is 48.5 Å². The van der Waals surface area contributed by atoms with Crippen LogP contribution >= 0.6 is 0 Å². The lowest BCUT2D eigenvalue weighted by Gasteiger charge is -2.17. The molecule has 24 heavy (non-hydrogen) atoms. The molecule has 0 aromatic heterocycles. The summed E-state index contributed by atoms with van der Waals surface area (Å²) >= 11 is 0. The number of para-hydroxylation sites is 1. The van der Waals surface area contributed by atoms with Gasteiger partial charge in [0.15, 0.2) is 0 Å². The lowest BCUT2D eigenvalue weighted by atomic mass is 10.0. The second-order valence-electron chi connectivity index (χ2n) is 5.09. The molecule has 0 aliphatic rings. The maximum absolute atomic E-state index is 12.2. The summed E-state index contributed by atoms with van der Waals surface area (Å²) in [5, 5.41) is 4.17. The van der Waals surface area contributed by atoms with Gasteiger partial charge in [0.05, 0.1) is 0 Å². The maximum atomic E-state index is 12.2. The normalized spacial score (nSPS) is 12.3. The number of amides is 2. The van der Waals surface area contributed by atoms with Crippen molar-refractivity contribution < 1.29 is 22.8 Å². The van der Waals surface area contributed by atoms with Crippen molar-refractivity contribution in [2.24, 2.45) is 0 Å². The average Bonchev–Trinajstić information content (AvgIpc) is 2.55. The first-order valence-electron chi connectivity index (χ1n) is 7.12. The molecule has 0 heterocycles. The highest BCUT2D eigenvalue weighted by Crippen LogP contribution is 2.27. The maximum Gasteiger partial charge on any atom is 0.471 e. The quantitative estimate of drug-likeness (QED) is 0.899. The van der Waals surface area contributed by atoms with Gasteiger partial charge in [-0.05, 0) is 18.6 Å². The molecule has 0 aliphatic carbocycles. The number of anilines is 1. The summed E-state index contributed by atoms with van der Waals surface area (Å²) in [6, 6.07) is 14.8. The van der Waals surface area contributed by atoms with E-state index in [9.17, 15) is 22.8 Å². The van der Waals surface area contributed by atoms with Gasteiger partial charge in [-0.15, -0.1) is 0 Å². The van der Waals surface area contributed by atoms with Crippen molar-refractivity contribution in [3.05, 3.63) is 54.6 Å². The molecule has 1 unspecified atom stereocenters. The first-order valence-corrected chi connectivity index (χ1v) is 7.12. The van der Waals surface area contributed by atoms with Gasteiger partial charge < -0.3 is 10.6 Å². The fraction of sp³-hybridized carbons (Fsp3) is 0.176. The molecule has 4 nitrogen and oxygen atoms in total. The number of nitrogens with one attached hydrogen (secondary N) is 2. The molecule has 0 spiro atoms. The molecule has 7 heteroatoms. The van der Waals surface area contributed by atoms with Gasteiger partial charge in [-0.3, -0.25) is 9.59 Å². The van der Waals surface area contributed by atoms with Crippen molar-refractivity contribution in [3.8, 4) is 11.1 Å². The van der Waals surface area contributed by atoms with Crippen LogP contribution in [0.15, 0.2) is 54.6 Å². The van der Waals surface area contributed by atoms with E-state index in [2.05, 4.69) is 5.32 Å². The van der Waals surface area contributed by atoms with Crippen LogP contribution in [0.4, 0.5) is 18.9 Å². The minimum Gasteiger partial charge on any atom is -0.337 e. The molecule has 0 saturated heterocycles. The Morgan fingerprint density at radius 2 is 1.54 bits per heavy atom. The van der Waals surface area contributed by atoms with Crippen LogP contribution in [0, 0.1) is 0 Å². The summed E-state index contributed by atoms with van der Waals surface area (Å²) < 4.78 is 36.7. The van der Waals surface area contributed by atoms with Gasteiger partial charge in [-0.25, -0.2) is 0 Å². The van der Waals surface area contributed by atoms with E-state index in [1.165, 1.54) is 6.92 Å². The van der Waals surface area contributed by atoms with Crippen molar-refractivity contribution >= 4 is 17.5 Å². The molecule has 2 aromatic carbocycles. The summed E-state index contributed by atoms with van der Waals surface area (Å²) in [5.41, 5.74) is 2.02. The Morgan fingerprint density at radius 3 is 2.17 bits per heavy atom. The average molecular weight is 336 g/mol. The van der Waals surface area contributed by atoms with Crippen LogP contribution in [0.2, 0.25) is 0 Å². The lowest BCUT2D eigenvalue weighted by molar-refractivity contribution is -0.174. The Balaban J connectivity index is 2.14. The first-order chi connectivity index (χ1) is 11.3. The van der Waals surface area contributed by atoms with E-state index in [-0.39, 0.29) is 0 Å². The van der Waals surface area contributed by atoms with Gasteiger partial charge in [0.25, 0.3) is 0 Å². The van der Waals surface area contributed by atoms with Crippen LogP contribution in [-0.2, 0) is 9.59 Å². The van der Waals surface area contributed by atoms with Crippen molar-refractivity contribution in [2.75, 3.05) is 5.32 Å². The zero-order valence-corrected chi connectivity index (χ0v) is 12.7. The Labute approximate surface area is 136 Å². The summed E-state index contributed by atoms with van der Waals surface area (Å²) in [5.74, 6) is -2.89. The molecule has 2 aromatic rings. The number of benzene rings is 2. The standard InChI is InChI=1S/C17H15F3N2O2/c1-11(21-16(24)17(18,19)20)15(23)22-14-10-6-5-9-13(14)12-7-3-2-4-8-12/h2-11H,1H3,(H,21,24)(H,22,23). The third kappa shape index (κ3) is 4.34. The number of alkyl halides is 3. The summed E-state index contributed by atoms with van der Waals surface area (Å²) in [4.78, 5) is 23.0. The third-order valence-electron chi connectivity index (χ3n) is 3.27. The van der Waals surface area contributed by atoms with E-state index in [0.29, 0.717) is 5.69 Å². The Morgan fingerprint density at radius 1 is 0.958 bits per heavy atom. The second kappa shape index (κ2) is 7.16. The Hall–Kier alpha value is -2.83. The Kier molecular flexibility index (Phi) is 5.23. The lowest BCUT2D eigenvalue weighted by Crippen LogP contribution is -2.47. The van der Waals surface area contributed by atoms with E-state index >= 15 is 0 Å². The van der Waals surface area contributed by atoms with E-state index < -0.39 is 24.0 Å². The predicted molar refractivity (Wildman–Crippen MR) is 84.2 cm³/mol. The number of carbonyl (C=O) groups is 2. The number of rotatable bonds is 4. The highest BCUT2D eigenvalue weighted by atomic mass is 19.4. The van der Waals surface area contributed by atoms with Gasteiger partial charge in [-0.2, -0.15) is 13.2 Å². The molecule has 0 fully saturated rings. The van der Waals surface area contributed by atoms with E-state index in [4.69, 9.17) is 0 Å². The van der Waals surface area contributed by atoms with Crippen molar-refractivity contribution in [1.82, 2.24) is 5.32 Å². The first kappa shape index (κ1) is 17.5. The van der Waals surface area contributed by atoms with Gasteiger partial charge in [0.2, 0.25) is 5.91 Å². The number of hydrogen-bond donors (Lipinski definition) is 2. The van der Waals surface area contributed by atoms with Crippen molar-refractivity contribution in [2.45, 2.75) is 19.1 Å². The summed E-state index contributed by atoms with van der Waals surface area (Å²) in [7, 11) is 0. The topological polar surface area (TPSA) is 58.2 Å². The molecule has 2 amide bonds. The van der Waals surface area contributed by atoms with Crippen LogP contribution in [0.3, 0.4) is 0 Å². The number of carbonyl (C=O) groups excluding carboxylic acids is 2. The minimum atomic E-state index is -5.03. The molecule has 0 aliphatic heterocycles. The molecular weight excluding hydrogens is 321 g/mol. The smallest absolute Gasteiger partial charge is 0.337 e. The monoisotopic (exact) mass is 336 g/mol. The molecule has 2 N–H and O–H groups in total. The molecule has 126 valence electrons. The van der Waals surface area contributed by atoms with Crippen LogP contribution < -0.4 is 10.6 Å². The molecular formula is C17H15F3N2O2. The van der Waals surface area contributed by atoms with Crippen LogP contribution in [-0.4, -0.2) is 24.0 Å². The predicted octanol–water partition coefficient (Wildman–Crippen LogP) is 3.36. The molecule has 0 saturated carbocycles. The number of hydrogen-bond acceptors (Lipinski definition) is 2. The van der Waals surface area contributed by atoms with E-state index in [1.54, 1.807) is 29.6 Å². The third-order valence-corrected chi connectivity index (χ3v) is 3.27.